The summed E-state index contributed by atoms with van der Waals surface area (Å²) in [6.45, 7) is 4.01. The number of carboxylic acids is 1. The molecule has 6 heteroatoms. The Hall–Kier alpha value is -2.86. The lowest BCUT2D eigenvalue weighted by molar-refractivity contribution is 0.0497. The van der Waals surface area contributed by atoms with Crippen LogP contribution in [0.15, 0.2) is 42.5 Å². The zero-order chi connectivity index (χ0) is 19.2. The van der Waals surface area contributed by atoms with Crippen molar-refractivity contribution in [1.29, 1.82) is 0 Å². The van der Waals surface area contributed by atoms with E-state index < -0.39 is 5.97 Å². The highest BCUT2D eigenvalue weighted by atomic mass is 16.5. The van der Waals surface area contributed by atoms with Gasteiger partial charge in [-0.15, -0.1) is 0 Å². The Balaban J connectivity index is 1.59. The normalized spacial score (nSPS) is 14.6. The number of rotatable bonds is 6. The summed E-state index contributed by atoms with van der Waals surface area (Å²) in [5.41, 5.74) is 1.75. The Morgan fingerprint density at radius 1 is 1.11 bits per heavy atom. The molecule has 1 amide bonds. The van der Waals surface area contributed by atoms with Crippen LogP contribution in [0.25, 0.3) is 0 Å². The average molecular weight is 369 g/mol. The van der Waals surface area contributed by atoms with Gasteiger partial charge >= 0.3 is 5.97 Å². The maximum Gasteiger partial charge on any atom is 0.335 e. The van der Waals surface area contributed by atoms with Crippen molar-refractivity contribution in [3.63, 3.8) is 0 Å². The Morgan fingerprint density at radius 2 is 1.78 bits per heavy atom. The van der Waals surface area contributed by atoms with Gasteiger partial charge in [0, 0.05) is 24.5 Å². The number of carbonyl (C=O) groups is 2. The summed E-state index contributed by atoms with van der Waals surface area (Å²) in [6.07, 6.45) is 2.03. The molecule has 1 saturated heterocycles. The van der Waals surface area contributed by atoms with Crippen molar-refractivity contribution >= 4 is 17.6 Å². The first-order valence-corrected chi connectivity index (χ1v) is 8.98. The van der Waals surface area contributed by atoms with Crippen LogP contribution in [0.3, 0.4) is 0 Å². The molecule has 0 saturated carbocycles. The van der Waals surface area contributed by atoms with Gasteiger partial charge in [-0.3, -0.25) is 4.79 Å². The van der Waals surface area contributed by atoms with E-state index in [-0.39, 0.29) is 11.5 Å². The van der Waals surface area contributed by atoms with Crippen molar-refractivity contribution in [3.05, 3.63) is 59.2 Å². The molecular formula is C21H23NO5. The van der Waals surface area contributed by atoms with Gasteiger partial charge in [0.05, 0.1) is 12.2 Å². The molecule has 1 heterocycles. The van der Waals surface area contributed by atoms with Crippen molar-refractivity contribution in [2.75, 3.05) is 25.1 Å². The third-order valence-corrected chi connectivity index (χ3v) is 4.53. The van der Waals surface area contributed by atoms with Crippen LogP contribution in [0.5, 0.6) is 5.75 Å². The first kappa shape index (κ1) is 18.9. The molecule has 2 aromatic carbocycles. The largest absolute Gasteiger partial charge is 0.493 e. The average Bonchev–Trinajstić information content (AvgIpc) is 2.67. The van der Waals surface area contributed by atoms with E-state index in [0.717, 1.165) is 37.4 Å². The summed E-state index contributed by atoms with van der Waals surface area (Å²) in [5, 5.41) is 11.9. The fourth-order valence-electron chi connectivity index (χ4n) is 3.00. The van der Waals surface area contributed by atoms with Gasteiger partial charge in [-0.2, -0.15) is 0 Å². The highest BCUT2D eigenvalue weighted by Crippen LogP contribution is 2.20. The molecule has 142 valence electrons. The van der Waals surface area contributed by atoms with Crippen LogP contribution in [-0.2, 0) is 4.74 Å². The summed E-state index contributed by atoms with van der Waals surface area (Å²) >= 11 is 0. The third kappa shape index (κ3) is 5.31. The van der Waals surface area contributed by atoms with Gasteiger partial charge < -0.3 is 19.9 Å². The minimum atomic E-state index is -1.06. The number of aromatic carboxylic acids is 1. The smallest absolute Gasteiger partial charge is 0.335 e. The number of hydrogen-bond donors (Lipinski definition) is 2. The Labute approximate surface area is 158 Å². The summed E-state index contributed by atoms with van der Waals surface area (Å²) in [5.74, 6) is -0.137. The highest BCUT2D eigenvalue weighted by Gasteiger charge is 2.15. The van der Waals surface area contributed by atoms with Crippen molar-refractivity contribution in [2.24, 2.45) is 5.92 Å². The molecule has 0 aromatic heterocycles. The van der Waals surface area contributed by atoms with E-state index >= 15 is 0 Å². The number of carboxylic acid groups (broad SMARTS) is 1. The molecule has 0 bridgehead atoms. The fourth-order valence-corrected chi connectivity index (χ4v) is 3.00. The third-order valence-electron chi connectivity index (χ3n) is 4.53. The Morgan fingerprint density at radius 3 is 2.44 bits per heavy atom. The van der Waals surface area contributed by atoms with Gasteiger partial charge in [-0.1, -0.05) is 0 Å². The van der Waals surface area contributed by atoms with Gasteiger partial charge in [0.15, 0.2) is 0 Å². The van der Waals surface area contributed by atoms with E-state index in [1.54, 1.807) is 25.1 Å². The number of ether oxygens (including phenoxy) is 2. The number of anilines is 1. The van der Waals surface area contributed by atoms with Gasteiger partial charge in [0.2, 0.25) is 0 Å². The van der Waals surface area contributed by atoms with E-state index in [2.05, 4.69) is 5.32 Å². The Kier molecular flexibility index (Phi) is 6.08. The summed E-state index contributed by atoms with van der Waals surface area (Å²) in [6, 6.07) is 11.7. The second kappa shape index (κ2) is 8.68. The van der Waals surface area contributed by atoms with Crippen LogP contribution in [0, 0.1) is 12.8 Å². The molecule has 0 atom stereocenters. The van der Waals surface area contributed by atoms with E-state index in [0.29, 0.717) is 23.8 Å². The van der Waals surface area contributed by atoms with Gasteiger partial charge in [-0.25, -0.2) is 4.79 Å². The van der Waals surface area contributed by atoms with Crippen LogP contribution in [0.1, 0.15) is 39.1 Å². The second-order valence-corrected chi connectivity index (χ2v) is 6.74. The number of aryl methyl sites for hydroxylation is 1. The van der Waals surface area contributed by atoms with E-state index in [9.17, 15) is 9.59 Å². The lowest BCUT2D eigenvalue weighted by atomic mass is 10.0. The fraction of sp³-hybridized carbons (Fsp3) is 0.333. The highest BCUT2D eigenvalue weighted by molar-refractivity contribution is 6.05. The quantitative estimate of drug-likeness (QED) is 0.810. The molecule has 2 aromatic rings. The van der Waals surface area contributed by atoms with Crippen molar-refractivity contribution < 1.29 is 24.2 Å². The van der Waals surface area contributed by atoms with E-state index in [4.69, 9.17) is 14.6 Å². The number of nitrogens with one attached hydrogen (secondary N) is 1. The van der Waals surface area contributed by atoms with Crippen LogP contribution in [0.4, 0.5) is 5.69 Å². The molecule has 0 aliphatic carbocycles. The lowest BCUT2D eigenvalue weighted by Gasteiger charge is -2.22. The molecule has 1 aliphatic heterocycles. The van der Waals surface area contributed by atoms with E-state index in [1.165, 1.54) is 12.1 Å². The van der Waals surface area contributed by atoms with Gasteiger partial charge in [0.25, 0.3) is 5.91 Å². The molecule has 0 spiro atoms. The molecule has 1 aliphatic rings. The number of benzene rings is 2. The molecule has 3 rings (SSSR count). The zero-order valence-electron chi connectivity index (χ0n) is 15.2. The van der Waals surface area contributed by atoms with Crippen LogP contribution in [-0.4, -0.2) is 36.8 Å². The Bertz CT molecular complexity index is 810. The number of carbonyl (C=O) groups excluding carboxylic acids is 1. The van der Waals surface area contributed by atoms with Gasteiger partial charge in [-0.05, 0) is 73.7 Å². The molecular weight excluding hydrogens is 346 g/mol. The minimum absolute atomic E-state index is 0.0945. The monoisotopic (exact) mass is 369 g/mol. The topological polar surface area (TPSA) is 84.9 Å². The standard InChI is InChI=1S/C21H23NO5/c1-14-10-16(12-17(11-14)21(24)25)20(23)22-18-2-4-19(5-3-18)27-13-15-6-8-26-9-7-15/h2-5,10-12,15H,6-9,13H2,1H3,(H,22,23)(H,24,25). The van der Waals surface area contributed by atoms with E-state index in [1.807, 2.05) is 12.1 Å². The summed E-state index contributed by atoms with van der Waals surface area (Å²) in [7, 11) is 0. The zero-order valence-corrected chi connectivity index (χ0v) is 15.2. The molecule has 2 N–H and O–H groups in total. The second-order valence-electron chi connectivity index (χ2n) is 6.74. The number of hydrogen-bond acceptors (Lipinski definition) is 4. The first-order chi connectivity index (χ1) is 13.0. The lowest BCUT2D eigenvalue weighted by Crippen LogP contribution is -2.21. The molecule has 6 nitrogen and oxygen atoms in total. The van der Waals surface area contributed by atoms with Crippen molar-refractivity contribution in [1.82, 2.24) is 0 Å². The minimum Gasteiger partial charge on any atom is -0.493 e. The van der Waals surface area contributed by atoms with Crippen molar-refractivity contribution in [3.8, 4) is 5.75 Å². The maximum atomic E-state index is 12.4. The maximum absolute atomic E-state index is 12.4. The summed E-state index contributed by atoms with van der Waals surface area (Å²) < 4.78 is 11.2. The van der Waals surface area contributed by atoms with Crippen LogP contribution >= 0.6 is 0 Å². The molecule has 27 heavy (non-hydrogen) atoms. The number of amides is 1. The predicted octanol–water partition coefficient (Wildman–Crippen LogP) is 3.75. The SMILES string of the molecule is Cc1cc(C(=O)O)cc(C(=O)Nc2ccc(OCC3CCOCC3)cc2)c1. The molecule has 1 fully saturated rings. The predicted molar refractivity (Wildman–Crippen MR) is 102 cm³/mol. The molecule has 0 radical (unpaired) electrons. The molecule has 0 unspecified atom stereocenters. The van der Waals surface area contributed by atoms with Crippen LogP contribution in [0.2, 0.25) is 0 Å². The summed E-state index contributed by atoms with van der Waals surface area (Å²) in [4.78, 5) is 23.6. The first-order valence-electron chi connectivity index (χ1n) is 8.98. The van der Waals surface area contributed by atoms with Crippen LogP contribution < -0.4 is 10.1 Å². The van der Waals surface area contributed by atoms with Crippen molar-refractivity contribution in [2.45, 2.75) is 19.8 Å². The van der Waals surface area contributed by atoms with Gasteiger partial charge in [0.1, 0.15) is 5.75 Å².